The summed E-state index contributed by atoms with van der Waals surface area (Å²) in [6, 6.07) is 12.6. The molecule has 0 aliphatic rings. The van der Waals surface area contributed by atoms with Gasteiger partial charge in [0.2, 0.25) is 0 Å². The number of thiazole rings is 1. The molecule has 0 saturated carbocycles. The van der Waals surface area contributed by atoms with E-state index in [4.69, 9.17) is 14.2 Å². The van der Waals surface area contributed by atoms with E-state index in [0.29, 0.717) is 22.2 Å². The van der Waals surface area contributed by atoms with Gasteiger partial charge in [0.05, 0.1) is 27.0 Å². The molecule has 26 heavy (non-hydrogen) atoms. The van der Waals surface area contributed by atoms with E-state index in [9.17, 15) is 4.79 Å². The fourth-order valence-electron chi connectivity index (χ4n) is 2.42. The van der Waals surface area contributed by atoms with Gasteiger partial charge in [-0.15, -0.1) is 11.3 Å². The molecule has 0 radical (unpaired) electrons. The van der Waals surface area contributed by atoms with Crippen LogP contribution in [0.15, 0.2) is 47.8 Å². The van der Waals surface area contributed by atoms with E-state index in [1.54, 1.807) is 25.3 Å². The number of aromatic nitrogens is 1. The molecular formula is C19H18N2O4S. The van der Waals surface area contributed by atoms with Gasteiger partial charge in [0.1, 0.15) is 17.2 Å². The maximum Gasteiger partial charge on any atom is 0.257 e. The lowest BCUT2D eigenvalue weighted by Crippen LogP contribution is -2.12. The quantitative estimate of drug-likeness (QED) is 0.708. The summed E-state index contributed by atoms with van der Waals surface area (Å²) in [5.41, 5.74) is 2.04. The first-order valence-electron chi connectivity index (χ1n) is 7.78. The Bertz CT molecular complexity index is 901. The largest absolute Gasteiger partial charge is 0.497 e. The van der Waals surface area contributed by atoms with Gasteiger partial charge in [-0.25, -0.2) is 4.98 Å². The molecule has 0 saturated heterocycles. The second-order valence-electron chi connectivity index (χ2n) is 5.29. The minimum absolute atomic E-state index is 0.289. The Balaban J connectivity index is 1.82. The Morgan fingerprint density at radius 2 is 1.69 bits per heavy atom. The van der Waals surface area contributed by atoms with Crippen molar-refractivity contribution in [3.63, 3.8) is 0 Å². The molecule has 3 aromatic rings. The minimum Gasteiger partial charge on any atom is -0.497 e. The second-order valence-corrected chi connectivity index (χ2v) is 6.15. The third-order valence-electron chi connectivity index (χ3n) is 3.72. The molecule has 0 bridgehead atoms. The lowest BCUT2D eigenvalue weighted by Gasteiger charge is -2.08. The number of ether oxygens (including phenoxy) is 3. The molecular weight excluding hydrogens is 352 g/mol. The normalized spacial score (nSPS) is 10.3. The number of para-hydroxylation sites is 1. The number of methoxy groups -OCH3 is 3. The topological polar surface area (TPSA) is 69.7 Å². The Labute approximate surface area is 155 Å². The number of carbonyl (C=O) groups is 1. The van der Waals surface area contributed by atoms with Crippen molar-refractivity contribution in [1.29, 1.82) is 0 Å². The number of hydrogen-bond donors (Lipinski definition) is 1. The van der Waals surface area contributed by atoms with Crippen LogP contribution in [-0.2, 0) is 0 Å². The smallest absolute Gasteiger partial charge is 0.257 e. The van der Waals surface area contributed by atoms with Crippen molar-refractivity contribution < 1.29 is 19.0 Å². The first-order valence-corrected chi connectivity index (χ1v) is 8.66. The number of nitrogens with one attached hydrogen (secondary N) is 1. The van der Waals surface area contributed by atoms with Crippen LogP contribution in [0, 0.1) is 0 Å². The molecule has 0 spiro atoms. The van der Waals surface area contributed by atoms with Crippen LogP contribution in [-0.4, -0.2) is 32.2 Å². The highest BCUT2D eigenvalue weighted by atomic mass is 32.1. The highest BCUT2D eigenvalue weighted by Gasteiger charge is 2.14. The molecule has 1 amide bonds. The summed E-state index contributed by atoms with van der Waals surface area (Å²) in [5.74, 6) is 1.53. The van der Waals surface area contributed by atoms with Gasteiger partial charge in [0.15, 0.2) is 5.13 Å². The molecule has 134 valence electrons. The third kappa shape index (κ3) is 3.78. The van der Waals surface area contributed by atoms with Gasteiger partial charge < -0.3 is 14.2 Å². The van der Waals surface area contributed by atoms with Crippen LogP contribution < -0.4 is 19.5 Å². The predicted molar refractivity (Wildman–Crippen MR) is 102 cm³/mol. The molecule has 0 atom stereocenters. The van der Waals surface area contributed by atoms with Crippen LogP contribution in [0.25, 0.3) is 11.3 Å². The summed E-state index contributed by atoms with van der Waals surface area (Å²) in [5, 5.41) is 5.18. The van der Waals surface area contributed by atoms with Gasteiger partial charge in [0, 0.05) is 22.6 Å². The molecule has 0 aliphatic carbocycles. The average molecular weight is 370 g/mol. The summed E-state index contributed by atoms with van der Waals surface area (Å²) < 4.78 is 15.8. The lowest BCUT2D eigenvalue weighted by atomic mass is 10.1. The van der Waals surface area contributed by atoms with Crippen LogP contribution in [0.2, 0.25) is 0 Å². The Morgan fingerprint density at radius 1 is 1.00 bits per heavy atom. The van der Waals surface area contributed by atoms with Gasteiger partial charge in [-0.2, -0.15) is 0 Å². The minimum atomic E-state index is -0.289. The summed E-state index contributed by atoms with van der Waals surface area (Å²) in [6.07, 6.45) is 0. The summed E-state index contributed by atoms with van der Waals surface area (Å²) in [7, 11) is 4.69. The zero-order valence-electron chi connectivity index (χ0n) is 14.6. The molecule has 1 heterocycles. The number of benzene rings is 2. The van der Waals surface area contributed by atoms with Crippen LogP contribution in [0.4, 0.5) is 5.13 Å². The summed E-state index contributed by atoms with van der Waals surface area (Å²) in [6.45, 7) is 0. The predicted octanol–water partition coefficient (Wildman–Crippen LogP) is 4.09. The second kappa shape index (κ2) is 7.88. The fraction of sp³-hybridized carbons (Fsp3) is 0.158. The van der Waals surface area contributed by atoms with E-state index >= 15 is 0 Å². The zero-order chi connectivity index (χ0) is 18.5. The lowest BCUT2D eigenvalue weighted by molar-refractivity contribution is 0.102. The van der Waals surface area contributed by atoms with Crippen molar-refractivity contribution >= 4 is 22.4 Å². The van der Waals surface area contributed by atoms with Gasteiger partial charge in [0.25, 0.3) is 5.91 Å². The van der Waals surface area contributed by atoms with E-state index in [0.717, 1.165) is 17.0 Å². The van der Waals surface area contributed by atoms with Crippen LogP contribution in [0.5, 0.6) is 17.2 Å². The average Bonchev–Trinajstić information content (AvgIpc) is 3.15. The van der Waals surface area contributed by atoms with Crippen LogP contribution in [0.3, 0.4) is 0 Å². The first-order chi connectivity index (χ1) is 12.6. The highest BCUT2D eigenvalue weighted by Crippen LogP contribution is 2.32. The Morgan fingerprint density at radius 3 is 2.35 bits per heavy atom. The SMILES string of the molecule is COc1cc(OC)cc(C(=O)Nc2nc(-c3ccccc3OC)cs2)c1. The van der Waals surface area contributed by atoms with Gasteiger partial charge in [-0.05, 0) is 24.3 Å². The fourth-order valence-corrected chi connectivity index (χ4v) is 3.12. The number of amides is 1. The molecule has 6 nitrogen and oxygen atoms in total. The number of hydrogen-bond acceptors (Lipinski definition) is 6. The summed E-state index contributed by atoms with van der Waals surface area (Å²) >= 11 is 1.35. The van der Waals surface area contributed by atoms with E-state index < -0.39 is 0 Å². The van der Waals surface area contributed by atoms with E-state index in [1.165, 1.54) is 25.6 Å². The van der Waals surface area contributed by atoms with Crippen molar-refractivity contribution in [3.05, 3.63) is 53.4 Å². The molecule has 1 aromatic heterocycles. The third-order valence-corrected chi connectivity index (χ3v) is 4.48. The van der Waals surface area contributed by atoms with Crippen molar-refractivity contribution in [2.24, 2.45) is 0 Å². The molecule has 0 unspecified atom stereocenters. The molecule has 0 fully saturated rings. The maximum absolute atomic E-state index is 12.5. The van der Waals surface area contributed by atoms with Gasteiger partial charge in [-0.1, -0.05) is 12.1 Å². The Kier molecular flexibility index (Phi) is 5.38. The monoisotopic (exact) mass is 370 g/mol. The first kappa shape index (κ1) is 17.8. The van der Waals surface area contributed by atoms with Gasteiger partial charge in [-0.3, -0.25) is 10.1 Å². The van der Waals surface area contributed by atoms with Crippen molar-refractivity contribution in [2.75, 3.05) is 26.6 Å². The van der Waals surface area contributed by atoms with Crippen molar-refractivity contribution in [1.82, 2.24) is 4.98 Å². The van der Waals surface area contributed by atoms with E-state index in [1.807, 2.05) is 29.6 Å². The van der Waals surface area contributed by atoms with Gasteiger partial charge >= 0.3 is 0 Å². The molecule has 0 aliphatic heterocycles. The van der Waals surface area contributed by atoms with Crippen molar-refractivity contribution in [2.45, 2.75) is 0 Å². The number of rotatable bonds is 6. The summed E-state index contributed by atoms with van der Waals surface area (Å²) in [4.78, 5) is 17.0. The number of anilines is 1. The molecule has 7 heteroatoms. The standard InChI is InChI=1S/C19H18N2O4S/c1-23-13-8-12(9-14(10-13)24-2)18(22)21-19-20-16(11-26-19)15-6-4-5-7-17(15)25-3/h4-11H,1-3H3,(H,20,21,22). The van der Waals surface area contributed by atoms with Crippen LogP contribution >= 0.6 is 11.3 Å². The number of nitrogens with zero attached hydrogens (tertiary/aromatic N) is 1. The Hall–Kier alpha value is -3.06. The maximum atomic E-state index is 12.5. The molecule has 3 rings (SSSR count). The van der Waals surface area contributed by atoms with E-state index in [-0.39, 0.29) is 5.91 Å². The molecule has 2 aromatic carbocycles. The zero-order valence-corrected chi connectivity index (χ0v) is 15.4. The van der Waals surface area contributed by atoms with E-state index in [2.05, 4.69) is 10.3 Å². The number of carbonyl (C=O) groups excluding carboxylic acids is 1. The van der Waals surface area contributed by atoms with Crippen molar-refractivity contribution in [3.8, 4) is 28.5 Å². The molecule has 1 N–H and O–H groups in total. The highest BCUT2D eigenvalue weighted by molar-refractivity contribution is 7.14. The van der Waals surface area contributed by atoms with Crippen LogP contribution in [0.1, 0.15) is 10.4 Å².